The molecule has 1 saturated heterocycles. The Morgan fingerprint density at radius 2 is 2.00 bits per heavy atom. The number of halogens is 1. The van der Waals surface area contributed by atoms with Crippen molar-refractivity contribution in [1.82, 2.24) is 19.6 Å². The van der Waals surface area contributed by atoms with Crippen LogP contribution >= 0.6 is 11.6 Å². The zero-order valence-electron chi connectivity index (χ0n) is 15.3. The van der Waals surface area contributed by atoms with Crippen LogP contribution in [0.3, 0.4) is 0 Å². The topological polar surface area (TPSA) is 64.3 Å². The number of hydrogen-bond acceptors (Lipinski definition) is 5. The van der Waals surface area contributed by atoms with Gasteiger partial charge >= 0.3 is 0 Å². The molecule has 7 heteroatoms. The number of ether oxygens (including phenoxy) is 1. The summed E-state index contributed by atoms with van der Waals surface area (Å²) < 4.78 is 7.90. The molecule has 2 aliphatic rings. The van der Waals surface area contributed by atoms with Crippen molar-refractivity contribution in [3.63, 3.8) is 0 Å². The van der Waals surface area contributed by atoms with E-state index in [1.165, 1.54) is 32.1 Å². The minimum absolute atomic E-state index is 0.242. The fourth-order valence-electron chi connectivity index (χ4n) is 4.38. The highest BCUT2D eigenvalue weighted by Crippen LogP contribution is 2.34. The Morgan fingerprint density at radius 3 is 2.81 bits per heavy atom. The minimum atomic E-state index is 0.242. The van der Waals surface area contributed by atoms with Gasteiger partial charge in [0.1, 0.15) is 5.82 Å². The normalized spacial score (nSPS) is 21.3. The fraction of sp³-hybridized carbons (Fsp3) is 0.550. The molecule has 2 fully saturated rings. The average molecular weight is 386 g/mol. The number of nitrogens with one attached hydrogen (secondary N) is 1. The number of rotatable bonds is 4. The fourth-order valence-corrected chi connectivity index (χ4v) is 4.55. The van der Waals surface area contributed by atoms with Crippen molar-refractivity contribution in [2.24, 2.45) is 0 Å². The number of fused-ring (bicyclic) bond motifs is 3. The molecule has 1 aliphatic carbocycles. The van der Waals surface area contributed by atoms with E-state index in [4.69, 9.17) is 21.3 Å². The highest BCUT2D eigenvalue weighted by atomic mass is 35.5. The molecule has 5 rings (SSSR count). The third kappa shape index (κ3) is 3.25. The first-order chi connectivity index (χ1) is 13.3. The second-order valence-corrected chi connectivity index (χ2v) is 8.10. The summed E-state index contributed by atoms with van der Waals surface area (Å²) in [6.07, 6.45) is 8.64. The van der Waals surface area contributed by atoms with Crippen molar-refractivity contribution in [3.8, 4) is 0 Å². The second kappa shape index (κ2) is 7.24. The first kappa shape index (κ1) is 17.2. The maximum atomic E-state index is 6.21. The molecule has 1 aliphatic heterocycles. The summed E-state index contributed by atoms with van der Waals surface area (Å²) >= 11 is 6.21. The zero-order chi connectivity index (χ0) is 18.2. The maximum Gasteiger partial charge on any atom is 0.210 e. The first-order valence-electron chi connectivity index (χ1n) is 9.99. The van der Waals surface area contributed by atoms with Crippen molar-refractivity contribution >= 4 is 34.1 Å². The lowest BCUT2D eigenvalue weighted by Gasteiger charge is -2.21. The molecule has 1 atom stereocenters. The molecule has 142 valence electrons. The van der Waals surface area contributed by atoms with Gasteiger partial charge in [-0.1, -0.05) is 30.9 Å². The summed E-state index contributed by atoms with van der Waals surface area (Å²) in [5.41, 5.74) is 1.69. The summed E-state index contributed by atoms with van der Waals surface area (Å²) in [6.45, 7) is 1.60. The predicted molar refractivity (Wildman–Crippen MR) is 107 cm³/mol. The van der Waals surface area contributed by atoms with Crippen LogP contribution in [0, 0.1) is 0 Å². The van der Waals surface area contributed by atoms with Gasteiger partial charge in [0.15, 0.2) is 5.65 Å². The molecule has 0 bridgehead atoms. The van der Waals surface area contributed by atoms with Gasteiger partial charge in [-0.05, 0) is 43.9 Å². The van der Waals surface area contributed by atoms with Crippen LogP contribution < -0.4 is 5.32 Å². The molecule has 2 aromatic heterocycles. The first-order valence-corrected chi connectivity index (χ1v) is 10.4. The van der Waals surface area contributed by atoms with E-state index in [0.29, 0.717) is 10.9 Å². The molecule has 1 N–H and O–H groups in total. The van der Waals surface area contributed by atoms with E-state index in [-0.39, 0.29) is 6.10 Å². The number of benzene rings is 1. The van der Waals surface area contributed by atoms with Crippen LogP contribution in [0.25, 0.3) is 16.6 Å². The Bertz CT molecular complexity index is 960. The van der Waals surface area contributed by atoms with Gasteiger partial charge in [-0.15, -0.1) is 10.2 Å². The molecule has 3 heterocycles. The summed E-state index contributed by atoms with van der Waals surface area (Å²) in [5.74, 6) is 2.27. The Labute approximate surface area is 163 Å². The summed E-state index contributed by atoms with van der Waals surface area (Å²) in [5, 5.41) is 14.3. The van der Waals surface area contributed by atoms with Crippen LogP contribution in [0.15, 0.2) is 18.2 Å². The SMILES string of the molecule is Clc1ccc2c(c1)nc(NCC1CCCO1)n1c(C3CCCCC3)nnc21. The van der Waals surface area contributed by atoms with Gasteiger partial charge in [0.25, 0.3) is 0 Å². The van der Waals surface area contributed by atoms with Gasteiger partial charge in [-0.25, -0.2) is 9.38 Å². The Kier molecular flexibility index (Phi) is 4.61. The van der Waals surface area contributed by atoms with Gasteiger partial charge in [-0.3, -0.25) is 0 Å². The van der Waals surface area contributed by atoms with Gasteiger partial charge in [-0.2, -0.15) is 0 Å². The average Bonchev–Trinajstić information content (AvgIpc) is 3.36. The van der Waals surface area contributed by atoms with E-state index in [2.05, 4.69) is 19.9 Å². The molecule has 0 amide bonds. The quantitative estimate of drug-likeness (QED) is 0.712. The molecular weight excluding hydrogens is 362 g/mol. The molecule has 27 heavy (non-hydrogen) atoms. The number of aromatic nitrogens is 4. The van der Waals surface area contributed by atoms with E-state index >= 15 is 0 Å². The lowest BCUT2D eigenvalue weighted by atomic mass is 9.89. The molecule has 3 aromatic rings. The standard InChI is InChI=1S/C20H24ClN5O/c21-14-8-9-16-17(11-14)23-20(22-12-15-7-4-10-27-15)26-18(24-25-19(16)26)13-5-2-1-3-6-13/h8-9,11,13,15H,1-7,10,12H2,(H,22,23). The molecule has 0 spiro atoms. The second-order valence-electron chi connectivity index (χ2n) is 7.66. The molecular formula is C20H24ClN5O. The summed E-state index contributed by atoms with van der Waals surface area (Å²) in [4.78, 5) is 4.88. The smallest absolute Gasteiger partial charge is 0.210 e. The Hall–Kier alpha value is -1.92. The van der Waals surface area contributed by atoms with E-state index in [0.717, 1.165) is 54.3 Å². The van der Waals surface area contributed by atoms with Crippen LogP contribution in [0.5, 0.6) is 0 Å². The van der Waals surface area contributed by atoms with E-state index < -0.39 is 0 Å². The zero-order valence-corrected chi connectivity index (χ0v) is 16.1. The van der Waals surface area contributed by atoms with Crippen molar-refractivity contribution in [2.45, 2.75) is 57.0 Å². The van der Waals surface area contributed by atoms with Crippen LogP contribution in [0.4, 0.5) is 5.95 Å². The monoisotopic (exact) mass is 385 g/mol. The van der Waals surface area contributed by atoms with Crippen LogP contribution in [0.1, 0.15) is 56.7 Å². The van der Waals surface area contributed by atoms with Crippen molar-refractivity contribution in [1.29, 1.82) is 0 Å². The third-order valence-corrected chi connectivity index (χ3v) is 6.04. The van der Waals surface area contributed by atoms with Crippen LogP contribution in [-0.2, 0) is 4.74 Å². The van der Waals surface area contributed by atoms with Gasteiger partial charge < -0.3 is 10.1 Å². The summed E-state index contributed by atoms with van der Waals surface area (Å²) in [6, 6.07) is 5.77. The van der Waals surface area contributed by atoms with E-state index in [1.54, 1.807) is 0 Å². The lowest BCUT2D eigenvalue weighted by molar-refractivity contribution is 0.120. The largest absolute Gasteiger partial charge is 0.376 e. The highest BCUT2D eigenvalue weighted by Gasteiger charge is 2.24. The Balaban J connectivity index is 1.61. The van der Waals surface area contributed by atoms with Crippen LogP contribution in [-0.4, -0.2) is 38.8 Å². The molecule has 0 radical (unpaired) electrons. The minimum Gasteiger partial charge on any atom is -0.376 e. The van der Waals surface area contributed by atoms with Crippen molar-refractivity contribution in [3.05, 3.63) is 29.0 Å². The van der Waals surface area contributed by atoms with E-state index in [9.17, 15) is 0 Å². The van der Waals surface area contributed by atoms with Crippen LogP contribution in [0.2, 0.25) is 5.02 Å². The summed E-state index contributed by atoms with van der Waals surface area (Å²) in [7, 11) is 0. The third-order valence-electron chi connectivity index (χ3n) is 5.81. The van der Waals surface area contributed by atoms with Gasteiger partial charge in [0.2, 0.25) is 5.95 Å². The number of hydrogen-bond donors (Lipinski definition) is 1. The predicted octanol–water partition coefficient (Wildman–Crippen LogP) is 4.57. The Morgan fingerprint density at radius 1 is 1.11 bits per heavy atom. The lowest BCUT2D eigenvalue weighted by Crippen LogP contribution is -2.21. The number of anilines is 1. The highest BCUT2D eigenvalue weighted by molar-refractivity contribution is 6.31. The van der Waals surface area contributed by atoms with Crippen molar-refractivity contribution in [2.75, 3.05) is 18.5 Å². The molecule has 1 saturated carbocycles. The van der Waals surface area contributed by atoms with Crippen molar-refractivity contribution < 1.29 is 4.74 Å². The van der Waals surface area contributed by atoms with Gasteiger partial charge in [0.05, 0.1) is 11.6 Å². The molecule has 6 nitrogen and oxygen atoms in total. The maximum absolute atomic E-state index is 6.21. The van der Waals surface area contributed by atoms with Gasteiger partial charge in [0, 0.05) is 29.5 Å². The number of nitrogens with zero attached hydrogens (tertiary/aromatic N) is 4. The van der Waals surface area contributed by atoms with E-state index in [1.807, 2.05) is 18.2 Å². The molecule has 1 aromatic carbocycles. The molecule has 1 unspecified atom stereocenters.